The molecule has 6 nitrogen and oxygen atoms in total. The van der Waals surface area contributed by atoms with Gasteiger partial charge in [0.2, 0.25) is 0 Å². The third kappa shape index (κ3) is 4.06. The molecule has 7 heteroatoms. The number of carbonyl (C=O) groups is 1. The Balaban J connectivity index is 1.58. The molecule has 1 aromatic carbocycles. The molecule has 1 fully saturated rings. The van der Waals surface area contributed by atoms with E-state index in [2.05, 4.69) is 4.90 Å². The van der Waals surface area contributed by atoms with Crippen LogP contribution in [0.25, 0.3) is 0 Å². The van der Waals surface area contributed by atoms with Gasteiger partial charge in [-0.1, -0.05) is 6.42 Å². The van der Waals surface area contributed by atoms with Crippen molar-refractivity contribution in [1.29, 1.82) is 0 Å². The number of nitrogens with zero attached hydrogens (tertiary/aromatic N) is 3. The van der Waals surface area contributed by atoms with Crippen molar-refractivity contribution in [2.24, 2.45) is 0 Å². The minimum Gasteiger partial charge on any atom is -0.493 e. The monoisotopic (exact) mass is 413 g/mol. The number of fused-ring (bicyclic) bond motifs is 1. The maximum absolute atomic E-state index is 13.5. The van der Waals surface area contributed by atoms with Crippen molar-refractivity contribution in [1.82, 2.24) is 9.47 Å². The minimum absolute atomic E-state index is 0.0668. The third-order valence-corrected chi connectivity index (χ3v) is 5.95. The molecule has 1 saturated heterocycles. The zero-order valence-electron chi connectivity index (χ0n) is 17.4. The van der Waals surface area contributed by atoms with Crippen molar-refractivity contribution < 1.29 is 13.9 Å². The molecule has 0 aliphatic carbocycles. The van der Waals surface area contributed by atoms with Gasteiger partial charge in [-0.3, -0.25) is 9.59 Å². The predicted octanol–water partition coefficient (Wildman–Crippen LogP) is 3.07. The number of anilines is 1. The van der Waals surface area contributed by atoms with E-state index in [4.69, 9.17) is 4.74 Å². The number of ether oxygens (including phenoxy) is 1. The number of halogens is 1. The largest absolute Gasteiger partial charge is 0.493 e. The van der Waals surface area contributed by atoms with Crippen LogP contribution in [0.15, 0.2) is 35.1 Å². The van der Waals surface area contributed by atoms with Crippen LogP contribution in [-0.2, 0) is 13.0 Å². The molecule has 0 N–H and O–H groups in total. The van der Waals surface area contributed by atoms with Gasteiger partial charge in [-0.25, -0.2) is 4.39 Å². The van der Waals surface area contributed by atoms with Crippen LogP contribution in [0.2, 0.25) is 0 Å². The maximum atomic E-state index is 13.5. The number of piperazine rings is 1. The second-order valence-electron chi connectivity index (χ2n) is 7.82. The molecular weight excluding hydrogens is 385 g/mol. The molecule has 3 heterocycles. The number of carbonyl (C=O) groups excluding carboxylic acids is 1. The van der Waals surface area contributed by atoms with Crippen LogP contribution in [0, 0.1) is 5.82 Å². The molecule has 2 aromatic rings. The number of amides is 1. The van der Waals surface area contributed by atoms with Crippen molar-refractivity contribution in [3.8, 4) is 5.75 Å². The van der Waals surface area contributed by atoms with Crippen molar-refractivity contribution in [3.63, 3.8) is 0 Å². The Hall–Kier alpha value is -2.83. The fourth-order valence-electron chi connectivity index (χ4n) is 4.39. The lowest BCUT2D eigenvalue weighted by atomic mass is 10.1. The molecule has 0 spiro atoms. The second-order valence-corrected chi connectivity index (χ2v) is 7.82. The smallest absolute Gasteiger partial charge is 0.259 e. The zero-order chi connectivity index (χ0) is 21.1. The molecule has 2 aliphatic heterocycles. The van der Waals surface area contributed by atoms with Crippen LogP contribution in [0.1, 0.15) is 42.2 Å². The first-order chi connectivity index (χ1) is 14.6. The molecule has 2 aliphatic rings. The van der Waals surface area contributed by atoms with E-state index < -0.39 is 0 Å². The zero-order valence-corrected chi connectivity index (χ0v) is 17.4. The topological polar surface area (TPSA) is 54.8 Å². The summed E-state index contributed by atoms with van der Waals surface area (Å²) in [6, 6.07) is 7.92. The van der Waals surface area contributed by atoms with Gasteiger partial charge in [0.05, 0.1) is 6.61 Å². The summed E-state index contributed by atoms with van der Waals surface area (Å²) in [5, 5.41) is 0. The first-order valence-electron chi connectivity index (χ1n) is 10.8. The normalized spacial score (nSPS) is 16.7. The average Bonchev–Trinajstić information content (AvgIpc) is 3.01. The molecule has 0 bridgehead atoms. The van der Waals surface area contributed by atoms with Gasteiger partial charge in [0.15, 0.2) is 0 Å². The van der Waals surface area contributed by atoms with Gasteiger partial charge in [0, 0.05) is 50.2 Å². The Morgan fingerprint density at radius 2 is 1.77 bits per heavy atom. The number of hydrogen-bond donors (Lipinski definition) is 0. The summed E-state index contributed by atoms with van der Waals surface area (Å²) in [7, 11) is 0. The highest BCUT2D eigenvalue weighted by Gasteiger charge is 2.29. The molecule has 0 saturated carbocycles. The number of rotatable bonds is 4. The Bertz CT molecular complexity index is 963. The number of pyridine rings is 1. The summed E-state index contributed by atoms with van der Waals surface area (Å²) in [5.41, 5.74) is 2.23. The summed E-state index contributed by atoms with van der Waals surface area (Å²) in [4.78, 5) is 30.1. The van der Waals surface area contributed by atoms with Gasteiger partial charge in [-0.15, -0.1) is 0 Å². The fraction of sp³-hybridized carbons (Fsp3) is 0.478. The lowest BCUT2D eigenvalue weighted by Gasteiger charge is -2.36. The van der Waals surface area contributed by atoms with E-state index in [-0.39, 0.29) is 17.3 Å². The van der Waals surface area contributed by atoms with Crippen molar-refractivity contribution in [2.45, 2.75) is 39.2 Å². The van der Waals surface area contributed by atoms with E-state index in [1.54, 1.807) is 16.7 Å². The summed E-state index contributed by atoms with van der Waals surface area (Å²) in [6.45, 7) is 5.41. The van der Waals surface area contributed by atoms with Crippen LogP contribution in [0.5, 0.6) is 5.75 Å². The van der Waals surface area contributed by atoms with Crippen LogP contribution >= 0.6 is 0 Å². The van der Waals surface area contributed by atoms with Crippen LogP contribution in [0.4, 0.5) is 10.1 Å². The average molecular weight is 413 g/mol. The van der Waals surface area contributed by atoms with E-state index in [1.807, 2.05) is 11.8 Å². The van der Waals surface area contributed by atoms with E-state index in [0.29, 0.717) is 57.1 Å². The van der Waals surface area contributed by atoms with Crippen LogP contribution in [-0.4, -0.2) is 48.2 Å². The predicted molar refractivity (Wildman–Crippen MR) is 114 cm³/mol. The van der Waals surface area contributed by atoms with Gasteiger partial charge in [-0.05, 0) is 50.5 Å². The first kappa shape index (κ1) is 20.4. The van der Waals surface area contributed by atoms with Crippen molar-refractivity contribution in [3.05, 3.63) is 57.8 Å². The molecule has 4 rings (SSSR count). The number of hydrogen-bond acceptors (Lipinski definition) is 4. The van der Waals surface area contributed by atoms with E-state index >= 15 is 0 Å². The molecule has 30 heavy (non-hydrogen) atoms. The SMILES string of the molecule is CCOc1cc(=O)n2c(c1C(=O)N1CCN(c3ccc(F)cc3)CC1)CCCCC2. The lowest BCUT2D eigenvalue weighted by Crippen LogP contribution is -2.49. The fourth-order valence-corrected chi connectivity index (χ4v) is 4.39. The van der Waals surface area contributed by atoms with Gasteiger partial charge in [0.25, 0.3) is 11.5 Å². The third-order valence-electron chi connectivity index (χ3n) is 5.95. The first-order valence-corrected chi connectivity index (χ1v) is 10.8. The number of aromatic nitrogens is 1. The van der Waals surface area contributed by atoms with E-state index in [0.717, 1.165) is 30.6 Å². The molecule has 1 aromatic heterocycles. The summed E-state index contributed by atoms with van der Waals surface area (Å²) in [6.07, 6.45) is 3.68. The maximum Gasteiger partial charge on any atom is 0.259 e. The van der Waals surface area contributed by atoms with Crippen molar-refractivity contribution >= 4 is 11.6 Å². The van der Waals surface area contributed by atoms with Gasteiger partial charge >= 0.3 is 0 Å². The van der Waals surface area contributed by atoms with Gasteiger partial charge in [-0.2, -0.15) is 0 Å². The summed E-state index contributed by atoms with van der Waals surface area (Å²) < 4.78 is 20.7. The molecule has 0 radical (unpaired) electrons. The number of benzene rings is 1. The van der Waals surface area contributed by atoms with E-state index in [9.17, 15) is 14.0 Å². The summed E-state index contributed by atoms with van der Waals surface area (Å²) >= 11 is 0. The summed E-state index contributed by atoms with van der Waals surface area (Å²) in [5.74, 6) is 0.0838. The standard InChI is InChI=1S/C23H28FN3O3/c1-2-30-20-16-21(28)27-11-5-3-4-6-19(27)22(20)23(29)26-14-12-25(13-15-26)18-9-7-17(24)8-10-18/h7-10,16H,2-6,11-15H2,1H3. The highest BCUT2D eigenvalue weighted by molar-refractivity contribution is 5.98. The lowest BCUT2D eigenvalue weighted by molar-refractivity contribution is 0.0740. The molecular formula is C23H28FN3O3. The molecule has 160 valence electrons. The quantitative estimate of drug-likeness (QED) is 0.773. The second kappa shape index (κ2) is 8.90. The molecule has 1 amide bonds. The van der Waals surface area contributed by atoms with E-state index in [1.165, 1.54) is 18.2 Å². The van der Waals surface area contributed by atoms with Crippen molar-refractivity contribution in [2.75, 3.05) is 37.7 Å². The van der Waals surface area contributed by atoms with Crippen LogP contribution in [0.3, 0.4) is 0 Å². The Morgan fingerprint density at radius 3 is 2.47 bits per heavy atom. The Morgan fingerprint density at radius 1 is 1.03 bits per heavy atom. The van der Waals surface area contributed by atoms with Crippen LogP contribution < -0.4 is 15.2 Å². The van der Waals surface area contributed by atoms with Gasteiger partial charge in [0.1, 0.15) is 17.1 Å². The Kier molecular flexibility index (Phi) is 6.06. The minimum atomic E-state index is -0.254. The highest BCUT2D eigenvalue weighted by atomic mass is 19.1. The molecule has 0 unspecified atom stereocenters. The molecule has 0 atom stereocenters. The van der Waals surface area contributed by atoms with Gasteiger partial charge < -0.3 is 19.1 Å². The highest BCUT2D eigenvalue weighted by Crippen LogP contribution is 2.27. The Labute approximate surface area is 175 Å².